The molecule has 0 bridgehead atoms. The van der Waals surface area contributed by atoms with Crippen LogP contribution in [0.2, 0.25) is 0 Å². The van der Waals surface area contributed by atoms with Crippen LogP contribution in [-0.2, 0) is 14.8 Å². The quantitative estimate of drug-likeness (QED) is 0.825. The van der Waals surface area contributed by atoms with E-state index in [1.807, 2.05) is 0 Å². The Labute approximate surface area is 127 Å². The number of pyridine rings is 1. The zero-order valence-electron chi connectivity index (χ0n) is 11.9. The van der Waals surface area contributed by atoms with E-state index in [-0.39, 0.29) is 21.7 Å². The number of aromatic nitrogens is 1. The first-order valence-electron chi connectivity index (χ1n) is 6.25. The Morgan fingerprint density at radius 3 is 2.59 bits per heavy atom. The molecule has 7 nitrogen and oxygen atoms in total. The van der Waals surface area contributed by atoms with E-state index in [1.54, 1.807) is 0 Å². The molecule has 0 radical (unpaired) electrons. The normalized spacial score (nSPS) is 11.0. The molecule has 1 aromatic carbocycles. The number of rotatable bonds is 4. The van der Waals surface area contributed by atoms with Crippen molar-refractivity contribution in [3.8, 4) is 0 Å². The highest BCUT2D eigenvalue weighted by atomic mass is 32.2. The predicted molar refractivity (Wildman–Crippen MR) is 80.4 cm³/mol. The molecule has 0 spiro atoms. The zero-order valence-corrected chi connectivity index (χ0v) is 12.7. The first-order chi connectivity index (χ1) is 10.4. The monoisotopic (exact) mass is 322 g/mol. The molecular formula is C14H14N2O5S. The van der Waals surface area contributed by atoms with Crippen molar-refractivity contribution in [1.29, 1.82) is 0 Å². The van der Waals surface area contributed by atoms with Crippen molar-refractivity contribution in [2.75, 3.05) is 11.8 Å². The summed E-state index contributed by atoms with van der Waals surface area (Å²) >= 11 is 0. The number of esters is 1. The third kappa shape index (κ3) is 3.01. The lowest BCUT2D eigenvalue weighted by Crippen LogP contribution is -2.21. The van der Waals surface area contributed by atoms with Gasteiger partial charge in [-0.2, -0.15) is 0 Å². The number of benzene rings is 1. The molecule has 0 aliphatic rings. The van der Waals surface area contributed by atoms with Gasteiger partial charge in [0.2, 0.25) is 0 Å². The van der Waals surface area contributed by atoms with Gasteiger partial charge in [-0.3, -0.25) is 9.52 Å². The summed E-state index contributed by atoms with van der Waals surface area (Å²) < 4.78 is 31.7. The van der Waals surface area contributed by atoms with Gasteiger partial charge in [0.05, 0.1) is 17.6 Å². The minimum absolute atomic E-state index is 0.0985. The molecule has 0 saturated heterocycles. The van der Waals surface area contributed by atoms with Crippen molar-refractivity contribution in [2.24, 2.45) is 0 Å². The highest BCUT2D eigenvalue weighted by molar-refractivity contribution is 7.92. The topological polar surface area (TPSA) is 105 Å². The number of carbonyl (C=O) groups is 1. The van der Waals surface area contributed by atoms with Crippen molar-refractivity contribution in [3.05, 3.63) is 58.0 Å². The third-order valence-corrected chi connectivity index (χ3v) is 4.55. The number of anilines is 1. The number of methoxy groups -OCH3 is 1. The van der Waals surface area contributed by atoms with Gasteiger partial charge in [0, 0.05) is 6.20 Å². The average Bonchev–Trinajstić information content (AvgIpc) is 2.48. The Morgan fingerprint density at radius 1 is 1.23 bits per heavy atom. The molecule has 0 atom stereocenters. The molecular weight excluding hydrogens is 308 g/mol. The molecule has 2 aromatic rings. The van der Waals surface area contributed by atoms with Crippen LogP contribution in [0.3, 0.4) is 0 Å². The number of nitrogens with one attached hydrogen (secondary N) is 2. The molecule has 2 rings (SSSR count). The summed E-state index contributed by atoms with van der Waals surface area (Å²) in [6.07, 6.45) is 1.39. The molecule has 1 aromatic heterocycles. The van der Waals surface area contributed by atoms with Crippen LogP contribution in [-0.4, -0.2) is 26.5 Å². The number of aromatic amines is 1. The van der Waals surface area contributed by atoms with E-state index < -0.39 is 21.6 Å². The number of ether oxygens (including phenoxy) is 1. The first kappa shape index (κ1) is 15.8. The Kier molecular flexibility index (Phi) is 4.32. The van der Waals surface area contributed by atoms with Gasteiger partial charge >= 0.3 is 5.97 Å². The number of carbonyl (C=O) groups excluding carboxylic acids is 1. The maximum absolute atomic E-state index is 12.4. The lowest BCUT2D eigenvalue weighted by molar-refractivity contribution is 0.0599. The largest absolute Gasteiger partial charge is 0.465 e. The second-order valence-electron chi connectivity index (χ2n) is 4.44. The van der Waals surface area contributed by atoms with Gasteiger partial charge in [-0.1, -0.05) is 6.07 Å². The first-order valence-corrected chi connectivity index (χ1v) is 7.73. The lowest BCUT2D eigenvalue weighted by atomic mass is 10.1. The van der Waals surface area contributed by atoms with Crippen molar-refractivity contribution < 1.29 is 17.9 Å². The van der Waals surface area contributed by atoms with Crippen LogP contribution >= 0.6 is 0 Å². The minimum atomic E-state index is -4.01. The van der Waals surface area contributed by atoms with Crippen LogP contribution in [0.5, 0.6) is 0 Å². The number of H-pyrrole nitrogens is 1. The van der Waals surface area contributed by atoms with Crippen LogP contribution in [0.15, 0.2) is 46.2 Å². The molecule has 0 aliphatic heterocycles. The standard InChI is InChI=1S/C14H14N2O5S/c1-9-10(14(18)21-2)5-3-7-12(9)22(19,20)16-11-6-4-8-15-13(11)17/h3-8,16H,1-2H3,(H,15,17). The fourth-order valence-electron chi connectivity index (χ4n) is 1.94. The fourth-order valence-corrected chi connectivity index (χ4v) is 3.27. The van der Waals surface area contributed by atoms with Crippen molar-refractivity contribution >= 4 is 21.7 Å². The predicted octanol–water partition coefficient (Wildman–Crippen LogP) is 1.27. The molecule has 0 saturated carbocycles. The van der Waals surface area contributed by atoms with Gasteiger partial charge in [0.25, 0.3) is 15.6 Å². The van der Waals surface area contributed by atoms with Gasteiger partial charge in [-0.15, -0.1) is 0 Å². The molecule has 0 unspecified atom stereocenters. The van der Waals surface area contributed by atoms with Gasteiger partial charge in [0.15, 0.2) is 0 Å². The molecule has 2 N–H and O–H groups in total. The summed E-state index contributed by atoms with van der Waals surface area (Å²) in [5.41, 5.74) is -0.278. The van der Waals surface area contributed by atoms with Crippen LogP contribution in [0, 0.1) is 6.92 Å². The zero-order chi connectivity index (χ0) is 16.3. The van der Waals surface area contributed by atoms with E-state index in [2.05, 4.69) is 14.4 Å². The van der Waals surface area contributed by atoms with Crippen LogP contribution in [0.4, 0.5) is 5.69 Å². The van der Waals surface area contributed by atoms with Gasteiger partial charge < -0.3 is 9.72 Å². The van der Waals surface area contributed by atoms with E-state index in [1.165, 1.54) is 50.6 Å². The molecule has 116 valence electrons. The van der Waals surface area contributed by atoms with Gasteiger partial charge in [-0.05, 0) is 36.8 Å². The van der Waals surface area contributed by atoms with E-state index >= 15 is 0 Å². The number of hydrogen-bond donors (Lipinski definition) is 2. The highest BCUT2D eigenvalue weighted by Gasteiger charge is 2.22. The van der Waals surface area contributed by atoms with Gasteiger partial charge in [-0.25, -0.2) is 13.2 Å². The third-order valence-electron chi connectivity index (χ3n) is 3.04. The van der Waals surface area contributed by atoms with E-state index in [4.69, 9.17) is 0 Å². The summed E-state index contributed by atoms with van der Waals surface area (Å²) in [5, 5.41) is 0. The maximum Gasteiger partial charge on any atom is 0.338 e. The second-order valence-corrected chi connectivity index (χ2v) is 6.09. The molecule has 0 aliphatic carbocycles. The number of hydrogen-bond acceptors (Lipinski definition) is 5. The average molecular weight is 322 g/mol. The Bertz CT molecular complexity index is 871. The number of sulfonamides is 1. The molecule has 0 fully saturated rings. The highest BCUT2D eigenvalue weighted by Crippen LogP contribution is 2.21. The fraction of sp³-hybridized carbons (Fsp3) is 0.143. The maximum atomic E-state index is 12.4. The summed E-state index contributed by atoms with van der Waals surface area (Å²) in [4.78, 5) is 25.5. The second kappa shape index (κ2) is 6.02. The smallest absolute Gasteiger partial charge is 0.338 e. The van der Waals surface area contributed by atoms with E-state index in [0.717, 1.165) is 0 Å². The molecule has 22 heavy (non-hydrogen) atoms. The van der Waals surface area contributed by atoms with Gasteiger partial charge in [0.1, 0.15) is 5.69 Å². The summed E-state index contributed by atoms with van der Waals surface area (Å²) in [6, 6.07) is 7.09. The summed E-state index contributed by atoms with van der Waals surface area (Å²) in [6.45, 7) is 1.50. The van der Waals surface area contributed by atoms with E-state index in [9.17, 15) is 18.0 Å². The van der Waals surface area contributed by atoms with Crippen LogP contribution in [0.25, 0.3) is 0 Å². The molecule has 0 amide bonds. The van der Waals surface area contributed by atoms with Crippen molar-refractivity contribution in [3.63, 3.8) is 0 Å². The minimum Gasteiger partial charge on any atom is -0.465 e. The van der Waals surface area contributed by atoms with Crippen molar-refractivity contribution in [1.82, 2.24) is 4.98 Å². The van der Waals surface area contributed by atoms with E-state index in [0.29, 0.717) is 0 Å². The van der Waals surface area contributed by atoms with Crippen LogP contribution < -0.4 is 10.3 Å². The SMILES string of the molecule is COC(=O)c1cccc(S(=O)(=O)Nc2ccc[nH]c2=O)c1C. The van der Waals surface area contributed by atoms with Crippen LogP contribution in [0.1, 0.15) is 15.9 Å². The Balaban J connectivity index is 2.49. The summed E-state index contributed by atoms with van der Waals surface area (Å²) in [5.74, 6) is -0.632. The Hall–Kier alpha value is -2.61. The molecule has 8 heteroatoms. The Morgan fingerprint density at radius 2 is 1.95 bits per heavy atom. The van der Waals surface area contributed by atoms with Crippen molar-refractivity contribution in [2.45, 2.75) is 11.8 Å². The summed E-state index contributed by atoms with van der Waals surface area (Å²) in [7, 11) is -2.80. The lowest BCUT2D eigenvalue weighted by Gasteiger charge is -2.12. The molecule has 1 heterocycles.